The first kappa shape index (κ1) is 10.3. The molecule has 1 heterocycles. The molecule has 0 radical (unpaired) electrons. The van der Waals surface area contributed by atoms with E-state index in [1.165, 1.54) is 18.3 Å². The SMILES string of the molecule is N#Cc1nccn1-c1ccc(F)cc1CN. The van der Waals surface area contributed by atoms with Crippen LogP contribution in [0.25, 0.3) is 5.69 Å². The first-order valence-corrected chi connectivity index (χ1v) is 4.68. The zero-order valence-corrected chi connectivity index (χ0v) is 8.39. The van der Waals surface area contributed by atoms with E-state index in [0.717, 1.165) is 0 Å². The van der Waals surface area contributed by atoms with E-state index in [1.54, 1.807) is 16.8 Å². The summed E-state index contributed by atoms with van der Waals surface area (Å²) in [5, 5.41) is 8.85. The Labute approximate surface area is 91.8 Å². The van der Waals surface area contributed by atoms with Crippen LogP contribution in [0, 0.1) is 17.1 Å². The number of imidazole rings is 1. The molecule has 0 spiro atoms. The lowest BCUT2D eigenvalue weighted by Gasteiger charge is -2.09. The fourth-order valence-corrected chi connectivity index (χ4v) is 1.53. The molecule has 2 aromatic rings. The molecule has 0 saturated carbocycles. The zero-order valence-electron chi connectivity index (χ0n) is 8.39. The van der Waals surface area contributed by atoms with E-state index in [9.17, 15) is 4.39 Å². The van der Waals surface area contributed by atoms with E-state index in [4.69, 9.17) is 11.0 Å². The third-order valence-corrected chi connectivity index (χ3v) is 2.26. The number of halogens is 1. The van der Waals surface area contributed by atoms with Gasteiger partial charge in [-0.3, -0.25) is 4.57 Å². The molecule has 4 nitrogen and oxygen atoms in total. The lowest BCUT2D eigenvalue weighted by atomic mass is 10.1. The summed E-state index contributed by atoms with van der Waals surface area (Å²) < 4.78 is 14.6. The van der Waals surface area contributed by atoms with Crippen LogP contribution in [0.1, 0.15) is 11.4 Å². The second kappa shape index (κ2) is 4.13. The molecule has 0 saturated heterocycles. The Morgan fingerprint density at radius 1 is 1.50 bits per heavy atom. The molecule has 0 unspecified atom stereocenters. The number of benzene rings is 1. The van der Waals surface area contributed by atoms with Gasteiger partial charge < -0.3 is 5.73 Å². The van der Waals surface area contributed by atoms with Crippen molar-refractivity contribution < 1.29 is 4.39 Å². The topological polar surface area (TPSA) is 67.6 Å². The minimum Gasteiger partial charge on any atom is -0.326 e. The number of aromatic nitrogens is 2. The van der Waals surface area contributed by atoms with Crippen molar-refractivity contribution in [2.24, 2.45) is 5.73 Å². The smallest absolute Gasteiger partial charge is 0.217 e. The van der Waals surface area contributed by atoms with Crippen LogP contribution in [0.3, 0.4) is 0 Å². The van der Waals surface area contributed by atoms with E-state index in [0.29, 0.717) is 11.3 Å². The first-order chi connectivity index (χ1) is 7.76. The summed E-state index contributed by atoms with van der Waals surface area (Å²) in [6.45, 7) is 0.205. The van der Waals surface area contributed by atoms with E-state index >= 15 is 0 Å². The van der Waals surface area contributed by atoms with Crippen LogP contribution >= 0.6 is 0 Å². The summed E-state index contributed by atoms with van der Waals surface area (Å²) >= 11 is 0. The number of nitrogens with two attached hydrogens (primary N) is 1. The van der Waals surface area contributed by atoms with Gasteiger partial charge in [0.15, 0.2) is 0 Å². The maximum atomic E-state index is 13.0. The van der Waals surface area contributed by atoms with E-state index in [-0.39, 0.29) is 18.2 Å². The highest BCUT2D eigenvalue weighted by molar-refractivity contribution is 5.43. The molecule has 0 aliphatic rings. The minimum atomic E-state index is -0.345. The second-order valence-corrected chi connectivity index (χ2v) is 3.21. The number of nitrogens with zero attached hydrogens (tertiary/aromatic N) is 3. The average Bonchev–Trinajstić information content (AvgIpc) is 2.76. The fraction of sp³-hybridized carbons (Fsp3) is 0.0909. The van der Waals surface area contributed by atoms with Crippen molar-refractivity contribution in [1.82, 2.24) is 9.55 Å². The summed E-state index contributed by atoms with van der Waals surface area (Å²) in [7, 11) is 0. The van der Waals surface area contributed by atoms with Crippen molar-refractivity contribution in [2.45, 2.75) is 6.54 Å². The van der Waals surface area contributed by atoms with Crippen molar-refractivity contribution in [3.8, 4) is 11.8 Å². The van der Waals surface area contributed by atoms with Gasteiger partial charge in [0.25, 0.3) is 0 Å². The van der Waals surface area contributed by atoms with Crippen LogP contribution in [0.4, 0.5) is 4.39 Å². The molecular weight excluding hydrogens is 207 g/mol. The summed E-state index contributed by atoms with van der Waals surface area (Å²) in [6, 6.07) is 6.23. The predicted molar refractivity (Wildman–Crippen MR) is 56.1 cm³/mol. The second-order valence-electron chi connectivity index (χ2n) is 3.21. The molecule has 5 heteroatoms. The largest absolute Gasteiger partial charge is 0.326 e. The third-order valence-electron chi connectivity index (χ3n) is 2.26. The molecule has 1 aromatic carbocycles. The molecular formula is C11H9FN4. The highest BCUT2D eigenvalue weighted by Gasteiger charge is 2.08. The molecule has 80 valence electrons. The quantitative estimate of drug-likeness (QED) is 0.823. The van der Waals surface area contributed by atoms with Crippen LogP contribution in [0.2, 0.25) is 0 Å². The van der Waals surface area contributed by atoms with Gasteiger partial charge in [0.05, 0.1) is 5.69 Å². The summed E-state index contributed by atoms with van der Waals surface area (Å²) in [5.41, 5.74) is 6.85. The molecule has 0 bridgehead atoms. The maximum absolute atomic E-state index is 13.0. The Bertz CT molecular complexity index is 553. The summed E-state index contributed by atoms with van der Waals surface area (Å²) in [5.74, 6) is -0.0934. The average molecular weight is 216 g/mol. The summed E-state index contributed by atoms with van der Waals surface area (Å²) in [6.07, 6.45) is 3.16. The van der Waals surface area contributed by atoms with E-state index in [2.05, 4.69) is 4.98 Å². The normalized spacial score (nSPS) is 10.1. The highest BCUT2D eigenvalue weighted by Crippen LogP contribution is 2.17. The third kappa shape index (κ3) is 1.66. The Hall–Kier alpha value is -2.19. The van der Waals surface area contributed by atoms with Gasteiger partial charge in [-0.05, 0) is 23.8 Å². The molecule has 2 rings (SSSR count). The van der Waals surface area contributed by atoms with Gasteiger partial charge in [-0.1, -0.05) is 0 Å². The molecule has 0 aliphatic heterocycles. The van der Waals surface area contributed by atoms with Gasteiger partial charge in [0, 0.05) is 18.9 Å². The molecule has 16 heavy (non-hydrogen) atoms. The highest BCUT2D eigenvalue weighted by atomic mass is 19.1. The minimum absolute atomic E-state index is 0.205. The fourth-order valence-electron chi connectivity index (χ4n) is 1.53. The summed E-state index contributed by atoms with van der Waals surface area (Å²) in [4.78, 5) is 3.88. The van der Waals surface area contributed by atoms with Gasteiger partial charge >= 0.3 is 0 Å². The van der Waals surface area contributed by atoms with Crippen LogP contribution in [-0.4, -0.2) is 9.55 Å². The van der Waals surface area contributed by atoms with Crippen molar-refractivity contribution in [2.75, 3.05) is 0 Å². The monoisotopic (exact) mass is 216 g/mol. The Morgan fingerprint density at radius 3 is 3.00 bits per heavy atom. The zero-order chi connectivity index (χ0) is 11.5. The molecule has 0 amide bonds. The molecule has 1 aromatic heterocycles. The van der Waals surface area contributed by atoms with Crippen molar-refractivity contribution in [3.05, 3.63) is 47.8 Å². The van der Waals surface area contributed by atoms with Gasteiger partial charge in [0.1, 0.15) is 11.9 Å². The van der Waals surface area contributed by atoms with Crippen molar-refractivity contribution in [3.63, 3.8) is 0 Å². The van der Waals surface area contributed by atoms with Crippen LogP contribution < -0.4 is 5.73 Å². The van der Waals surface area contributed by atoms with Crippen LogP contribution in [-0.2, 0) is 6.54 Å². The maximum Gasteiger partial charge on any atom is 0.217 e. The van der Waals surface area contributed by atoms with Gasteiger partial charge in [-0.25, -0.2) is 9.37 Å². The molecule has 0 aliphatic carbocycles. The van der Waals surface area contributed by atoms with Crippen molar-refractivity contribution >= 4 is 0 Å². The molecule has 0 fully saturated rings. The van der Waals surface area contributed by atoms with Crippen LogP contribution in [0.15, 0.2) is 30.6 Å². The van der Waals surface area contributed by atoms with Gasteiger partial charge in [-0.2, -0.15) is 5.26 Å². The predicted octanol–water partition coefficient (Wildman–Crippen LogP) is 1.34. The van der Waals surface area contributed by atoms with E-state index < -0.39 is 0 Å². The molecule has 2 N–H and O–H groups in total. The van der Waals surface area contributed by atoms with Gasteiger partial charge in [0.2, 0.25) is 5.82 Å². The lowest BCUT2D eigenvalue weighted by molar-refractivity contribution is 0.624. The Balaban J connectivity index is 2.61. The lowest BCUT2D eigenvalue weighted by Crippen LogP contribution is -2.06. The first-order valence-electron chi connectivity index (χ1n) is 4.68. The number of rotatable bonds is 2. The standard InChI is InChI=1S/C11H9FN4/c12-9-1-2-10(8(5-9)6-13)16-4-3-15-11(16)7-14/h1-5H,6,13H2. The Kier molecular flexibility index (Phi) is 2.66. The van der Waals surface area contributed by atoms with Gasteiger partial charge in [-0.15, -0.1) is 0 Å². The van der Waals surface area contributed by atoms with Crippen LogP contribution in [0.5, 0.6) is 0 Å². The number of hydrogen-bond acceptors (Lipinski definition) is 3. The number of hydrogen-bond donors (Lipinski definition) is 1. The molecule has 0 atom stereocenters. The number of nitriles is 1. The van der Waals surface area contributed by atoms with E-state index in [1.807, 2.05) is 6.07 Å². The van der Waals surface area contributed by atoms with Crippen molar-refractivity contribution in [1.29, 1.82) is 5.26 Å². The Morgan fingerprint density at radius 2 is 2.31 bits per heavy atom.